The summed E-state index contributed by atoms with van der Waals surface area (Å²) in [5, 5.41) is 0. The Hall–Kier alpha value is -2.40. The fourth-order valence-electron chi connectivity index (χ4n) is 3.39. The van der Waals surface area contributed by atoms with E-state index in [0.29, 0.717) is 0 Å². The number of pyridine rings is 1. The topological polar surface area (TPSA) is 45.7 Å². The molecule has 1 aliphatic rings. The van der Waals surface area contributed by atoms with Crippen molar-refractivity contribution in [2.45, 2.75) is 20.8 Å². The summed E-state index contributed by atoms with van der Waals surface area (Å²) in [7, 11) is 2.05. The van der Waals surface area contributed by atoms with Gasteiger partial charge in [-0.15, -0.1) is 0 Å². The lowest BCUT2D eigenvalue weighted by Gasteiger charge is -2.28. The van der Waals surface area contributed by atoms with Gasteiger partial charge < -0.3 is 14.5 Å². The minimum atomic E-state index is 0.731. The summed E-state index contributed by atoms with van der Waals surface area (Å²) in [6.07, 6.45) is 0.941. The fraction of sp³-hybridized carbons (Fsp3) is 0.429. The van der Waals surface area contributed by atoms with Crippen LogP contribution in [-0.2, 0) is 4.74 Å². The third kappa shape index (κ3) is 3.58. The van der Waals surface area contributed by atoms with Gasteiger partial charge in [0.25, 0.3) is 0 Å². The van der Waals surface area contributed by atoms with E-state index >= 15 is 0 Å². The van der Waals surface area contributed by atoms with Crippen LogP contribution in [0.25, 0.3) is 11.1 Å². The molecule has 0 bridgehead atoms. The third-order valence-electron chi connectivity index (χ3n) is 5.15. The molecule has 0 radical (unpaired) electrons. The highest BCUT2D eigenvalue weighted by atomic mass is 16.5. The van der Waals surface area contributed by atoms with Crippen LogP contribution in [0, 0.1) is 13.8 Å². The van der Waals surface area contributed by atoms with E-state index in [9.17, 15) is 4.79 Å². The average molecular weight is 353 g/mol. The minimum Gasteiger partial charge on any atom is -0.378 e. The van der Waals surface area contributed by atoms with Crippen molar-refractivity contribution in [1.82, 2.24) is 4.98 Å². The first kappa shape index (κ1) is 18.4. The number of aryl methyl sites for hydroxylation is 1. The summed E-state index contributed by atoms with van der Waals surface area (Å²) in [4.78, 5) is 20.8. The van der Waals surface area contributed by atoms with Gasteiger partial charge in [-0.25, -0.2) is 4.98 Å². The molecule has 3 rings (SSSR count). The van der Waals surface area contributed by atoms with Crippen LogP contribution in [0.5, 0.6) is 0 Å². The Kier molecular flexibility index (Phi) is 5.57. The molecular formula is C21H27N3O2. The molecule has 0 N–H and O–H groups in total. The molecule has 5 nitrogen and oxygen atoms in total. The maximum absolute atomic E-state index is 11.6. The number of hydrogen-bond donors (Lipinski definition) is 0. The molecule has 0 aliphatic carbocycles. The Bertz CT molecular complexity index is 798. The van der Waals surface area contributed by atoms with E-state index in [0.717, 1.165) is 78.6 Å². The van der Waals surface area contributed by atoms with Crippen LogP contribution in [0.3, 0.4) is 0 Å². The van der Waals surface area contributed by atoms with Gasteiger partial charge >= 0.3 is 0 Å². The zero-order valence-electron chi connectivity index (χ0n) is 16.1. The molecule has 1 saturated heterocycles. The normalized spacial score (nSPS) is 14.4. The number of hydrogen-bond acceptors (Lipinski definition) is 5. The Morgan fingerprint density at radius 1 is 1.23 bits per heavy atom. The first-order chi connectivity index (χ1) is 12.5. The van der Waals surface area contributed by atoms with Crippen molar-refractivity contribution in [1.29, 1.82) is 0 Å². The molecule has 1 aliphatic heterocycles. The lowest BCUT2D eigenvalue weighted by atomic mass is 9.97. The van der Waals surface area contributed by atoms with E-state index in [2.05, 4.69) is 34.9 Å². The second-order valence-electron chi connectivity index (χ2n) is 6.74. The summed E-state index contributed by atoms with van der Waals surface area (Å²) < 4.78 is 5.42. The van der Waals surface area contributed by atoms with Gasteiger partial charge in [-0.05, 0) is 56.2 Å². The van der Waals surface area contributed by atoms with Crippen LogP contribution in [0.4, 0.5) is 11.5 Å². The van der Waals surface area contributed by atoms with Gasteiger partial charge in [-0.1, -0.05) is 0 Å². The lowest BCUT2D eigenvalue weighted by molar-refractivity contribution is 0.112. The maximum atomic E-state index is 11.6. The molecule has 1 aromatic heterocycles. The average Bonchev–Trinajstić information content (AvgIpc) is 2.68. The van der Waals surface area contributed by atoms with E-state index in [1.807, 2.05) is 27.0 Å². The lowest BCUT2D eigenvalue weighted by Crippen LogP contribution is -2.36. The quantitative estimate of drug-likeness (QED) is 0.770. The number of ether oxygens (including phenoxy) is 1. The number of rotatable bonds is 5. The van der Waals surface area contributed by atoms with Crippen molar-refractivity contribution in [3.05, 3.63) is 41.1 Å². The van der Waals surface area contributed by atoms with Crippen molar-refractivity contribution in [3.8, 4) is 11.1 Å². The van der Waals surface area contributed by atoms with Gasteiger partial charge in [0.2, 0.25) is 0 Å². The van der Waals surface area contributed by atoms with Crippen molar-refractivity contribution < 1.29 is 9.53 Å². The number of anilines is 2. The molecule has 138 valence electrons. The Morgan fingerprint density at radius 2 is 1.96 bits per heavy atom. The third-order valence-corrected chi connectivity index (χ3v) is 5.15. The zero-order chi connectivity index (χ0) is 18.7. The molecule has 1 aromatic carbocycles. The summed E-state index contributed by atoms with van der Waals surface area (Å²) in [5.41, 5.74) is 5.91. The number of aldehydes is 1. The Balaban J connectivity index is 2.01. The zero-order valence-corrected chi connectivity index (χ0v) is 16.1. The summed E-state index contributed by atoms with van der Waals surface area (Å²) in [5.74, 6) is 0.989. The van der Waals surface area contributed by atoms with Crippen molar-refractivity contribution in [2.24, 2.45) is 0 Å². The van der Waals surface area contributed by atoms with Gasteiger partial charge in [0.05, 0.1) is 13.2 Å². The molecular weight excluding hydrogens is 326 g/mol. The van der Waals surface area contributed by atoms with Crippen LogP contribution >= 0.6 is 0 Å². The molecule has 0 spiro atoms. The number of aromatic nitrogens is 1. The molecule has 1 fully saturated rings. The van der Waals surface area contributed by atoms with E-state index in [-0.39, 0.29) is 0 Å². The van der Waals surface area contributed by atoms with Crippen LogP contribution in [0.15, 0.2) is 24.3 Å². The smallest absolute Gasteiger partial charge is 0.150 e. The summed E-state index contributed by atoms with van der Waals surface area (Å²) in [6, 6.07) is 8.30. The van der Waals surface area contributed by atoms with Gasteiger partial charge in [-0.2, -0.15) is 0 Å². The van der Waals surface area contributed by atoms with Crippen LogP contribution in [-0.4, -0.2) is 51.2 Å². The highest BCUT2D eigenvalue weighted by Crippen LogP contribution is 2.32. The summed E-state index contributed by atoms with van der Waals surface area (Å²) in [6.45, 7) is 10.3. The van der Waals surface area contributed by atoms with Gasteiger partial charge in [0, 0.05) is 49.2 Å². The predicted octanol–water partition coefficient (Wildman–Crippen LogP) is 3.47. The van der Waals surface area contributed by atoms with Gasteiger partial charge in [-0.3, -0.25) is 4.79 Å². The Labute approximate surface area is 155 Å². The van der Waals surface area contributed by atoms with E-state index in [1.54, 1.807) is 0 Å². The molecule has 2 heterocycles. The highest BCUT2D eigenvalue weighted by Gasteiger charge is 2.16. The number of carbonyl (C=O) groups is 1. The van der Waals surface area contributed by atoms with E-state index in [1.165, 1.54) is 0 Å². The molecule has 0 unspecified atom stereocenters. The molecule has 0 saturated carbocycles. The second-order valence-corrected chi connectivity index (χ2v) is 6.74. The standard InChI is InChI=1S/C21H27N3O2/c1-5-23(4)20-13-17(12-18(14-25)15(20)2)19-6-7-21(22-16(19)3)24-8-10-26-11-9-24/h6-7,12-14H,5,8-11H2,1-4H3. The fourth-order valence-corrected chi connectivity index (χ4v) is 3.39. The first-order valence-electron chi connectivity index (χ1n) is 9.16. The minimum absolute atomic E-state index is 0.731. The van der Waals surface area contributed by atoms with Crippen molar-refractivity contribution in [2.75, 3.05) is 49.7 Å². The van der Waals surface area contributed by atoms with Crippen LogP contribution < -0.4 is 9.80 Å². The van der Waals surface area contributed by atoms with Crippen LogP contribution in [0.2, 0.25) is 0 Å². The number of carbonyl (C=O) groups excluding carboxylic acids is 1. The number of benzene rings is 1. The maximum Gasteiger partial charge on any atom is 0.150 e. The second kappa shape index (κ2) is 7.87. The molecule has 26 heavy (non-hydrogen) atoms. The van der Waals surface area contributed by atoms with E-state index < -0.39 is 0 Å². The molecule has 5 heteroatoms. The number of morpholine rings is 1. The Morgan fingerprint density at radius 3 is 2.58 bits per heavy atom. The number of nitrogens with zero attached hydrogens (tertiary/aromatic N) is 3. The SMILES string of the molecule is CCN(C)c1cc(-c2ccc(N3CCOCC3)nc2C)cc(C=O)c1C. The van der Waals surface area contributed by atoms with Crippen molar-refractivity contribution in [3.63, 3.8) is 0 Å². The molecule has 2 aromatic rings. The van der Waals surface area contributed by atoms with Gasteiger partial charge in [0.1, 0.15) is 12.1 Å². The highest BCUT2D eigenvalue weighted by molar-refractivity contribution is 5.86. The predicted molar refractivity (Wildman–Crippen MR) is 107 cm³/mol. The van der Waals surface area contributed by atoms with Crippen LogP contribution in [0.1, 0.15) is 28.5 Å². The molecule has 0 atom stereocenters. The molecule has 0 amide bonds. The van der Waals surface area contributed by atoms with Crippen molar-refractivity contribution >= 4 is 17.8 Å². The summed E-state index contributed by atoms with van der Waals surface area (Å²) >= 11 is 0. The van der Waals surface area contributed by atoms with Gasteiger partial charge in [0.15, 0.2) is 0 Å². The largest absolute Gasteiger partial charge is 0.378 e. The monoisotopic (exact) mass is 353 g/mol. The first-order valence-corrected chi connectivity index (χ1v) is 9.16. The van der Waals surface area contributed by atoms with E-state index in [4.69, 9.17) is 9.72 Å².